The van der Waals surface area contributed by atoms with E-state index >= 15 is 0 Å². The summed E-state index contributed by atoms with van der Waals surface area (Å²) in [4.78, 5) is 19.0. The predicted octanol–water partition coefficient (Wildman–Crippen LogP) is 2.35. The van der Waals surface area contributed by atoms with E-state index in [-0.39, 0.29) is 11.4 Å². The van der Waals surface area contributed by atoms with Gasteiger partial charge in [0, 0.05) is 12.1 Å². The van der Waals surface area contributed by atoms with Gasteiger partial charge in [-0.3, -0.25) is 4.79 Å². The number of carbonyl (C=O) groups is 1. The van der Waals surface area contributed by atoms with Crippen LogP contribution in [0.2, 0.25) is 0 Å². The number of ether oxygens (including phenoxy) is 1. The van der Waals surface area contributed by atoms with Gasteiger partial charge < -0.3 is 14.1 Å². The van der Waals surface area contributed by atoms with Gasteiger partial charge in [0.1, 0.15) is 5.69 Å². The zero-order valence-electron chi connectivity index (χ0n) is 11.6. The van der Waals surface area contributed by atoms with Crippen LogP contribution in [0, 0.1) is 0 Å². The average Bonchev–Trinajstić information content (AvgIpc) is 3.12. The molecular formula is C16H16N2O3. The highest BCUT2D eigenvalue weighted by Crippen LogP contribution is 2.44. The molecule has 1 aliphatic carbocycles. The second kappa shape index (κ2) is 4.70. The van der Waals surface area contributed by atoms with E-state index in [1.54, 1.807) is 0 Å². The number of aromatic nitrogens is 1. The molecule has 1 aromatic carbocycles. The summed E-state index contributed by atoms with van der Waals surface area (Å²) in [5.41, 5.74) is 1.41. The molecule has 1 amide bonds. The molecule has 1 aliphatic heterocycles. The van der Waals surface area contributed by atoms with Gasteiger partial charge in [0.25, 0.3) is 5.91 Å². The van der Waals surface area contributed by atoms with Gasteiger partial charge in [-0.05, 0) is 12.8 Å². The lowest BCUT2D eigenvalue weighted by Gasteiger charge is -2.35. The molecule has 1 spiro atoms. The molecule has 1 aromatic heterocycles. The minimum absolute atomic E-state index is 0.0767. The van der Waals surface area contributed by atoms with E-state index in [0.29, 0.717) is 31.2 Å². The molecule has 0 N–H and O–H groups in total. The summed E-state index contributed by atoms with van der Waals surface area (Å²) in [7, 11) is 0. The Kier molecular flexibility index (Phi) is 2.82. The molecule has 0 atom stereocenters. The van der Waals surface area contributed by atoms with Crippen LogP contribution < -0.4 is 0 Å². The van der Waals surface area contributed by atoms with Gasteiger partial charge in [-0.2, -0.15) is 0 Å². The smallest absolute Gasteiger partial charge is 0.292 e. The third-order valence-corrected chi connectivity index (χ3v) is 4.28. The zero-order valence-corrected chi connectivity index (χ0v) is 11.6. The van der Waals surface area contributed by atoms with Crippen molar-refractivity contribution >= 4 is 5.91 Å². The van der Waals surface area contributed by atoms with Crippen LogP contribution in [0.5, 0.6) is 0 Å². The van der Waals surface area contributed by atoms with E-state index < -0.39 is 0 Å². The summed E-state index contributed by atoms with van der Waals surface area (Å²) in [6, 6.07) is 9.65. The molecule has 5 nitrogen and oxygen atoms in total. The van der Waals surface area contributed by atoms with Crippen molar-refractivity contribution in [3.63, 3.8) is 0 Å². The number of benzene rings is 1. The summed E-state index contributed by atoms with van der Waals surface area (Å²) >= 11 is 0. The van der Waals surface area contributed by atoms with Gasteiger partial charge in [0.05, 0.1) is 18.8 Å². The Morgan fingerprint density at radius 3 is 2.81 bits per heavy atom. The van der Waals surface area contributed by atoms with E-state index in [9.17, 15) is 4.79 Å². The van der Waals surface area contributed by atoms with Gasteiger partial charge in [0.15, 0.2) is 6.39 Å². The van der Waals surface area contributed by atoms with Crippen LogP contribution in [0.15, 0.2) is 41.1 Å². The maximum Gasteiger partial charge on any atom is 0.292 e. The highest BCUT2D eigenvalue weighted by atomic mass is 16.5. The minimum Gasteiger partial charge on any atom is -0.438 e. The van der Waals surface area contributed by atoms with Crippen LogP contribution in [0.3, 0.4) is 0 Å². The maximum absolute atomic E-state index is 12.8. The average molecular weight is 284 g/mol. The van der Waals surface area contributed by atoms with E-state index in [2.05, 4.69) is 4.98 Å². The fraction of sp³-hybridized carbons (Fsp3) is 0.375. The van der Waals surface area contributed by atoms with E-state index in [4.69, 9.17) is 9.15 Å². The molecule has 2 heterocycles. The van der Waals surface area contributed by atoms with Gasteiger partial charge in [-0.15, -0.1) is 0 Å². The topological polar surface area (TPSA) is 55.6 Å². The van der Waals surface area contributed by atoms with Gasteiger partial charge in [-0.25, -0.2) is 4.98 Å². The number of hydrogen-bond acceptors (Lipinski definition) is 4. The lowest BCUT2D eigenvalue weighted by Crippen LogP contribution is -2.50. The predicted molar refractivity (Wildman–Crippen MR) is 75.8 cm³/mol. The van der Waals surface area contributed by atoms with Crippen molar-refractivity contribution in [2.24, 2.45) is 0 Å². The van der Waals surface area contributed by atoms with Crippen molar-refractivity contribution in [3.8, 4) is 11.3 Å². The van der Waals surface area contributed by atoms with Gasteiger partial charge in [-0.1, -0.05) is 30.3 Å². The van der Waals surface area contributed by atoms with Crippen molar-refractivity contribution < 1.29 is 13.9 Å². The number of amides is 1. The Balaban J connectivity index is 1.68. The highest BCUT2D eigenvalue weighted by Gasteiger charge is 2.52. The molecule has 2 aliphatic rings. The molecule has 2 fully saturated rings. The summed E-state index contributed by atoms with van der Waals surface area (Å²) in [6.45, 7) is 1.84. The monoisotopic (exact) mass is 284 g/mol. The van der Waals surface area contributed by atoms with Crippen LogP contribution in [-0.4, -0.2) is 41.1 Å². The molecule has 108 valence electrons. The Bertz CT molecular complexity index is 661. The standard InChI is InChI=1S/C16H16N2O3/c19-15(18-8-9-20-10-16(18)6-7-16)14-13(17-11-21-14)12-4-2-1-3-5-12/h1-5,11H,6-10H2. The number of oxazole rings is 1. The van der Waals surface area contributed by atoms with E-state index in [1.807, 2.05) is 35.2 Å². The molecule has 1 saturated carbocycles. The van der Waals surface area contributed by atoms with Crippen molar-refractivity contribution in [1.29, 1.82) is 0 Å². The van der Waals surface area contributed by atoms with Crippen LogP contribution >= 0.6 is 0 Å². The number of hydrogen-bond donors (Lipinski definition) is 0. The first kappa shape index (κ1) is 12.6. The van der Waals surface area contributed by atoms with Crippen LogP contribution in [0.25, 0.3) is 11.3 Å². The highest BCUT2D eigenvalue weighted by molar-refractivity contribution is 5.97. The second-order valence-electron chi connectivity index (χ2n) is 5.63. The molecule has 4 rings (SSSR count). The first-order valence-corrected chi connectivity index (χ1v) is 7.19. The van der Waals surface area contributed by atoms with Gasteiger partial charge >= 0.3 is 0 Å². The Morgan fingerprint density at radius 2 is 2.05 bits per heavy atom. The molecule has 21 heavy (non-hydrogen) atoms. The van der Waals surface area contributed by atoms with Gasteiger partial charge in [0.2, 0.25) is 5.76 Å². The lowest BCUT2D eigenvalue weighted by atomic mass is 10.1. The zero-order chi connectivity index (χ0) is 14.3. The van der Waals surface area contributed by atoms with Crippen molar-refractivity contribution in [2.45, 2.75) is 18.4 Å². The summed E-state index contributed by atoms with van der Waals surface area (Å²) in [5.74, 6) is 0.251. The fourth-order valence-electron chi connectivity index (χ4n) is 2.93. The Labute approximate surface area is 122 Å². The normalized spacial score (nSPS) is 19.7. The quantitative estimate of drug-likeness (QED) is 0.849. The third-order valence-electron chi connectivity index (χ3n) is 4.28. The molecule has 1 saturated heterocycles. The van der Waals surface area contributed by atoms with E-state index in [1.165, 1.54) is 6.39 Å². The first-order chi connectivity index (χ1) is 10.3. The minimum atomic E-state index is -0.101. The van der Waals surface area contributed by atoms with Crippen molar-refractivity contribution in [2.75, 3.05) is 19.8 Å². The van der Waals surface area contributed by atoms with Crippen LogP contribution in [-0.2, 0) is 4.74 Å². The maximum atomic E-state index is 12.8. The summed E-state index contributed by atoms with van der Waals surface area (Å²) in [5, 5.41) is 0. The molecule has 0 unspecified atom stereocenters. The van der Waals surface area contributed by atoms with Crippen molar-refractivity contribution in [1.82, 2.24) is 9.88 Å². The molecule has 0 bridgehead atoms. The van der Waals surface area contributed by atoms with Crippen LogP contribution in [0.4, 0.5) is 0 Å². The first-order valence-electron chi connectivity index (χ1n) is 7.19. The number of rotatable bonds is 2. The third kappa shape index (κ3) is 2.05. The Morgan fingerprint density at radius 1 is 1.24 bits per heavy atom. The summed E-state index contributed by atoms with van der Waals surface area (Å²) < 4.78 is 10.9. The molecule has 5 heteroatoms. The lowest BCUT2D eigenvalue weighted by molar-refractivity contribution is -0.0131. The fourth-order valence-corrected chi connectivity index (χ4v) is 2.93. The Hall–Kier alpha value is -2.14. The molecule has 0 radical (unpaired) electrons. The number of carbonyl (C=O) groups excluding carboxylic acids is 1. The van der Waals surface area contributed by atoms with E-state index in [0.717, 1.165) is 18.4 Å². The largest absolute Gasteiger partial charge is 0.438 e. The van der Waals surface area contributed by atoms with Crippen molar-refractivity contribution in [3.05, 3.63) is 42.5 Å². The SMILES string of the molecule is O=C(c1ocnc1-c1ccccc1)N1CCOCC12CC2. The number of nitrogens with zero attached hydrogens (tertiary/aromatic N) is 2. The molecular weight excluding hydrogens is 268 g/mol. The van der Waals surface area contributed by atoms with Crippen LogP contribution in [0.1, 0.15) is 23.4 Å². The number of morpholine rings is 1. The summed E-state index contributed by atoms with van der Waals surface area (Å²) in [6.07, 6.45) is 3.36. The second-order valence-corrected chi connectivity index (χ2v) is 5.63. The molecule has 2 aromatic rings.